The molecule has 0 aliphatic heterocycles. The molecule has 2 saturated carbocycles. The fraction of sp³-hybridized carbons (Fsp3) is 0.345. The summed E-state index contributed by atoms with van der Waals surface area (Å²) in [4.78, 5) is 27.1. The van der Waals surface area contributed by atoms with Gasteiger partial charge in [-0.25, -0.2) is 0 Å². The fourth-order valence-corrected chi connectivity index (χ4v) is 5.55. The highest BCUT2D eigenvalue weighted by Crippen LogP contribution is 2.41. The van der Waals surface area contributed by atoms with Crippen LogP contribution in [0.15, 0.2) is 60.7 Å². The number of nitrogens with zero attached hydrogens (tertiary/aromatic N) is 4. The molecule has 2 N–H and O–H groups in total. The number of hydrogen-bond donors (Lipinski definition) is 2. The number of carbonyl (C=O) groups is 2. The van der Waals surface area contributed by atoms with Gasteiger partial charge in [0.15, 0.2) is 0 Å². The monoisotopic (exact) mass is 495 g/mol. The molecule has 188 valence electrons. The predicted molar refractivity (Wildman–Crippen MR) is 139 cm³/mol. The molecule has 0 atom stereocenters. The molecule has 8 heteroatoms. The van der Waals surface area contributed by atoms with Crippen LogP contribution in [0.25, 0.3) is 33.3 Å². The van der Waals surface area contributed by atoms with E-state index in [1.165, 1.54) is 0 Å². The molecule has 8 nitrogen and oxygen atoms in total. The molecule has 0 saturated heterocycles. The van der Waals surface area contributed by atoms with Crippen LogP contribution in [0, 0.1) is 11.3 Å². The average Bonchev–Trinajstić information content (AvgIpc) is 3.40. The minimum atomic E-state index is -0.810. The standard InChI is InChI=1S/C29H29N5O3/c35-27(22-9-10-22)34(18-29(28(36)37)13-1-2-14-29)17-19-3-4-25-16-24(12-11-23(25)15-19)20-5-7-21(8-6-20)26-30-32-33-31-26/h3-8,11-12,15-16,22H,1-2,9-10,13-14,17-18H2,(H,36,37)(H,30,31,32,33). The third-order valence-electron chi connectivity index (χ3n) is 7.85. The second-order valence-electron chi connectivity index (χ2n) is 10.5. The molecular formula is C29H29N5O3. The lowest BCUT2D eigenvalue weighted by atomic mass is 9.85. The first-order valence-electron chi connectivity index (χ1n) is 12.9. The van der Waals surface area contributed by atoms with Gasteiger partial charge in [-0.15, -0.1) is 10.2 Å². The Hall–Kier alpha value is -4.07. The van der Waals surface area contributed by atoms with E-state index in [2.05, 4.69) is 57.0 Å². The number of nitrogens with one attached hydrogen (secondary N) is 1. The van der Waals surface area contributed by atoms with Crippen LogP contribution in [0.4, 0.5) is 0 Å². The number of tetrazole rings is 1. The molecule has 0 unspecified atom stereocenters. The maximum atomic E-state index is 13.1. The van der Waals surface area contributed by atoms with E-state index < -0.39 is 11.4 Å². The number of aromatic amines is 1. The van der Waals surface area contributed by atoms with Gasteiger partial charge in [-0.2, -0.15) is 5.21 Å². The van der Waals surface area contributed by atoms with E-state index in [9.17, 15) is 14.7 Å². The van der Waals surface area contributed by atoms with E-state index in [0.29, 0.717) is 31.8 Å². The number of carbonyl (C=O) groups excluding carboxylic acids is 1. The summed E-state index contributed by atoms with van der Waals surface area (Å²) in [6.45, 7) is 0.744. The zero-order valence-corrected chi connectivity index (χ0v) is 20.6. The van der Waals surface area contributed by atoms with Gasteiger partial charge < -0.3 is 10.0 Å². The molecular weight excluding hydrogens is 466 g/mol. The van der Waals surface area contributed by atoms with E-state index >= 15 is 0 Å². The van der Waals surface area contributed by atoms with Gasteiger partial charge in [0.1, 0.15) is 0 Å². The summed E-state index contributed by atoms with van der Waals surface area (Å²) < 4.78 is 0. The third-order valence-corrected chi connectivity index (χ3v) is 7.85. The molecule has 2 aliphatic rings. The minimum absolute atomic E-state index is 0.0571. The van der Waals surface area contributed by atoms with Crippen molar-refractivity contribution in [3.63, 3.8) is 0 Å². The third kappa shape index (κ3) is 4.71. The summed E-state index contributed by atoms with van der Waals surface area (Å²) in [6, 6.07) is 20.7. The quantitative estimate of drug-likeness (QED) is 0.353. The van der Waals surface area contributed by atoms with Crippen molar-refractivity contribution in [2.45, 2.75) is 45.1 Å². The average molecular weight is 496 g/mol. The lowest BCUT2D eigenvalue weighted by Gasteiger charge is -2.32. The SMILES string of the molecule is O=C(C1CC1)N(Cc1ccc2cc(-c3ccc(-c4nn[nH]n4)cc3)ccc2c1)CC1(C(=O)O)CCCC1. The summed E-state index contributed by atoms with van der Waals surface area (Å²) in [5, 5.41) is 26.3. The van der Waals surface area contributed by atoms with Gasteiger partial charge in [-0.3, -0.25) is 9.59 Å². The Morgan fingerprint density at radius 3 is 2.27 bits per heavy atom. The van der Waals surface area contributed by atoms with Crippen molar-refractivity contribution in [1.82, 2.24) is 25.5 Å². The number of carboxylic acid groups (broad SMARTS) is 1. The highest BCUT2D eigenvalue weighted by Gasteiger charge is 2.45. The number of aliphatic carboxylic acids is 1. The zero-order valence-electron chi connectivity index (χ0n) is 20.6. The lowest BCUT2D eigenvalue weighted by molar-refractivity contribution is -0.152. The number of fused-ring (bicyclic) bond motifs is 1. The molecule has 1 amide bonds. The Bertz CT molecular complexity index is 1440. The minimum Gasteiger partial charge on any atom is -0.481 e. The first-order chi connectivity index (χ1) is 18.0. The Morgan fingerprint density at radius 2 is 1.59 bits per heavy atom. The van der Waals surface area contributed by atoms with Gasteiger partial charge in [0.25, 0.3) is 0 Å². The number of hydrogen-bond acceptors (Lipinski definition) is 5. The van der Waals surface area contributed by atoms with Gasteiger partial charge in [-0.05, 0) is 70.5 Å². The van der Waals surface area contributed by atoms with Gasteiger partial charge in [0.2, 0.25) is 11.7 Å². The number of H-pyrrole nitrogens is 1. The van der Waals surface area contributed by atoms with Crippen molar-refractivity contribution in [1.29, 1.82) is 0 Å². The summed E-state index contributed by atoms with van der Waals surface area (Å²) in [7, 11) is 0. The van der Waals surface area contributed by atoms with Crippen molar-refractivity contribution in [2.75, 3.05) is 6.54 Å². The van der Waals surface area contributed by atoms with Crippen molar-refractivity contribution in [3.8, 4) is 22.5 Å². The smallest absolute Gasteiger partial charge is 0.311 e. The molecule has 2 fully saturated rings. The number of aromatic nitrogens is 4. The maximum absolute atomic E-state index is 13.1. The van der Waals surface area contributed by atoms with Crippen LogP contribution in [0.2, 0.25) is 0 Å². The highest BCUT2D eigenvalue weighted by atomic mass is 16.4. The van der Waals surface area contributed by atoms with Crippen LogP contribution in [0.1, 0.15) is 44.1 Å². The molecule has 1 heterocycles. The fourth-order valence-electron chi connectivity index (χ4n) is 5.55. The molecule has 3 aromatic carbocycles. The number of rotatable bonds is 8. The Labute approximate surface area is 214 Å². The van der Waals surface area contributed by atoms with Crippen molar-refractivity contribution >= 4 is 22.6 Å². The number of benzene rings is 3. The van der Waals surface area contributed by atoms with E-state index in [4.69, 9.17) is 0 Å². The predicted octanol–water partition coefficient (Wildman–Crippen LogP) is 5.07. The Kier molecular flexibility index (Phi) is 5.94. The lowest BCUT2D eigenvalue weighted by Crippen LogP contribution is -2.44. The van der Waals surface area contributed by atoms with Crippen LogP contribution >= 0.6 is 0 Å². The Morgan fingerprint density at radius 1 is 0.919 bits per heavy atom. The van der Waals surface area contributed by atoms with Gasteiger partial charge in [0, 0.05) is 24.6 Å². The molecule has 0 spiro atoms. The topological polar surface area (TPSA) is 112 Å². The second kappa shape index (κ2) is 9.42. The number of carboxylic acids is 1. The molecule has 0 bridgehead atoms. The normalized spacial score (nSPS) is 16.6. The summed E-state index contributed by atoms with van der Waals surface area (Å²) >= 11 is 0. The van der Waals surface area contributed by atoms with Crippen LogP contribution in [-0.2, 0) is 16.1 Å². The van der Waals surface area contributed by atoms with E-state index in [1.807, 2.05) is 29.2 Å². The van der Waals surface area contributed by atoms with E-state index in [1.54, 1.807) is 0 Å². The molecule has 1 aromatic heterocycles. The van der Waals surface area contributed by atoms with Crippen LogP contribution in [0.5, 0.6) is 0 Å². The number of amides is 1. The highest BCUT2D eigenvalue weighted by molar-refractivity contribution is 5.88. The maximum Gasteiger partial charge on any atom is 0.311 e. The first kappa shape index (κ1) is 23.3. The van der Waals surface area contributed by atoms with E-state index in [-0.39, 0.29) is 11.8 Å². The van der Waals surface area contributed by atoms with Crippen molar-refractivity contribution < 1.29 is 14.7 Å². The molecule has 37 heavy (non-hydrogen) atoms. The first-order valence-corrected chi connectivity index (χ1v) is 12.9. The zero-order chi connectivity index (χ0) is 25.4. The molecule has 2 aliphatic carbocycles. The molecule has 4 aromatic rings. The summed E-state index contributed by atoms with van der Waals surface area (Å²) in [6.07, 6.45) is 4.94. The van der Waals surface area contributed by atoms with Crippen molar-refractivity contribution in [3.05, 3.63) is 66.2 Å². The van der Waals surface area contributed by atoms with Crippen molar-refractivity contribution in [2.24, 2.45) is 11.3 Å². The van der Waals surface area contributed by atoms with Gasteiger partial charge in [0.05, 0.1) is 5.41 Å². The van der Waals surface area contributed by atoms with Crippen LogP contribution in [-0.4, -0.2) is 49.1 Å². The van der Waals surface area contributed by atoms with Gasteiger partial charge >= 0.3 is 5.97 Å². The van der Waals surface area contributed by atoms with Crippen LogP contribution < -0.4 is 0 Å². The largest absolute Gasteiger partial charge is 0.481 e. The molecule has 0 radical (unpaired) electrons. The summed E-state index contributed by atoms with van der Waals surface area (Å²) in [5.74, 6) is -0.0436. The summed E-state index contributed by atoms with van der Waals surface area (Å²) in [5.41, 5.74) is 3.31. The van der Waals surface area contributed by atoms with Crippen LogP contribution in [0.3, 0.4) is 0 Å². The van der Waals surface area contributed by atoms with Gasteiger partial charge in [-0.1, -0.05) is 61.4 Å². The Balaban J connectivity index is 1.23. The van der Waals surface area contributed by atoms with E-state index in [0.717, 1.165) is 58.7 Å². The second-order valence-corrected chi connectivity index (χ2v) is 10.5. The molecule has 6 rings (SSSR count).